The molecule has 0 radical (unpaired) electrons. The molecule has 1 atom stereocenters. The van der Waals surface area contributed by atoms with Crippen molar-refractivity contribution in [1.82, 2.24) is 15.3 Å². The van der Waals surface area contributed by atoms with E-state index in [1.165, 1.54) is 0 Å². The summed E-state index contributed by atoms with van der Waals surface area (Å²) >= 11 is 0. The second-order valence-electron chi connectivity index (χ2n) is 5.05. The molecule has 0 saturated carbocycles. The summed E-state index contributed by atoms with van der Waals surface area (Å²) in [6.07, 6.45) is 5.83. The van der Waals surface area contributed by atoms with Crippen LogP contribution in [0.5, 0.6) is 0 Å². The van der Waals surface area contributed by atoms with Gasteiger partial charge in [-0.3, -0.25) is 0 Å². The van der Waals surface area contributed by atoms with E-state index in [9.17, 15) is 0 Å². The van der Waals surface area contributed by atoms with E-state index in [2.05, 4.69) is 36.1 Å². The predicted octanol–water partition coefficient (Wildman–Crippen LogP) is 2.56. The fourth-order valence-corrected chi connectivity index (χ4v) is 1.47. The van der Waals surface area contributed by atoms with Gasteiger partial charge in [-0.1, -0.05) is 20.8 Å². The molecule has 0 aliphatic rings. The fraction of sp³-hybridized carbons (Fsp3) is 0.667. The third-order valence-electron chi connectivity index (χ3n) is 2.43. The van der Waals surface area contributed by atoms with Gasteiger partial charge in [-0.25, -0.2) is 9.97 Å². The van der Waals surface area contributed by atoms with E-state index in [1.54, 1.807) is 12.4 Å². The molecule has 3 nitrogen and oxygen atoms in total. The summed E-state index contributed by atoms with van der Waals surface area (Å²) in [7, 11) is 1.96. The maximum Gasteiger partial charge on any atom is 0.145 e. The normalized spacial score (nSPS) is 13.9. The quantitative estimate of drug-likeness (QED) is 0.824. The maximum atomic E-state index is 4.28. The molecule has 0 aromatic carbocycles. The summed E-state index contributed by atoms with van der Waals surface area (Å²) in [4.78, 5) is 8.55. The van der Waals surface area contributed by atoms with Crippen molar-refractivity contribution in [3.8, 4) is 0 Å². The molecule has 84 valence electrons. The molecule has 0 bridgehead atoms. The predicted molar refractivity (Wildman–Crippen MR) is 62.5 cm³/mol. The largest absolute Gasteiger partial charge is 0.310 e. The van der Waals surface area contributed by atoms with E-state index >= 15 is 0 Å². The minimum atomic E-state index is 0.269. The van der Waals surface area contributed by atoms with E-state index in [0.29, 0.717) is 5.41 Å². The van der Waals surface area contributed by atoms with Gasteiger partial charge in [0.15, 0.2) is 0 Å². The monoisotopic (exact) mass is 207 g/mol. The van der Waals surface area contributed by atoms with Crippen molar-refractivity contribution in [2.45, 2.75) is 39.7 Å². The van der Waals surface area contributed by atoms with Crippen LogP contribution in [0.15, 0.2) is 18.5 Å². The zero-order valence-electron chi connectivity index (χ0n) is 10.1. The topological polar surface area (TPSA) is 37.8 Å². The zero-order chi connectivity index (χ0) is 11.3. The summed E-state index contributed by atoms with van der Waals surface area (Å²) in [6, 6.07) is 2.12. The molecule has 3 heteroatoms. The van der Waals surface area contributed by atoms with Crippen molar-refractivity contribution in [3.05, 3.63) is 24.3 Å². The lowest BCUT2D eigenvalue weighted by Crippen LogP contribution is -2.21. The van der Waals surface area contributed by atoms with Crippen LogP contribution in [0.4, 0.5) is 0 Å². The summed E-state index contributed by atoms with van der Waals surface area (Å²) in [5.41, 5.74) is 0.365. The van der Waals surface area contributed by atoms with Crippen molar-refractivity contribution in [2.24, 2.45) is 5.41 Å². The standard InChI is InChI=1S/C12H21N3/c1-12(2,3)7-6-10(13-4)11-14-8-5-9-15-11/h5,8-10,13H,6-7H2,1-4H3. The van der Waals surface area contributed by atoms with E-state index in [-0.39, 0.29) is 6.04 Å². The van der Waals surface area contributed by atoms with Crippen molar-refractivity contribution in [3.63, 3.8) is 0 Å². The summed E-state index contributed by atoms with van der Waals surface area (Å²) < 4.78 is 0. The zero-order valence-corrected chi connectivity index (χ0v) is 10.1. The van der Waals surface area contributed by atoms with Gasteiger partial charge in [0.2, 0.25) is 0 Å². The van der Waals surface area contributed by atoms with Gasteiger partial charge in [0.25, 0.3) is 0 Å². The van der Waals surface area contributed by atoms with Gasteiger partial charge in [0.05, 0.1) is 6.04 Å². The molecule has 0 spiro atoms. The van der Waals surface area contributed by atoms with Gasteiger partial charge in [-0.2, -0.15) is 0 Å². The molecular formula is C12H21N3. The van der Waals surface area contributed by atoms with Crippen molar-refractivity contribution < 1.29 is 0 Å². The number of hydrogen-bond acceptors (Lipinski definition) is 3. The fourth-order valence-electron chi connectivity index (χ4n) is 1.47. The molecule has 0 fully saturated rings. The molecule has 0 aliphatic heterocycles. The second kappa shape index (κ2) is 5.21. The number of hydrogen-bond donors (Lipinski definition) is 1. The molecule has 0 aliphatic carbocycles. The van der Waals surface area contributed by atoms with Gasteiger partial charge >= 0.3 is 0 Å². The maximum absolute atomic E-state index is 4.28. The smallest absolute Gasteiger partial charge is 0.145 e. The van der Waals surface area contributed by atoms with Crippen LogP contribution in [0.25, 0.3) is 0 Å². The molecule has 1 N–H and O–H groups in total. The van der Waals surface area contributed by atoms with E-state index < -0.39 is 0 Å². The minimum Gasteiger partial charge on any atom is -0.310 e. The average Bonchev–Trinajstić information content (AvgIpc) is 2.19. The highest BCUT2D eigenvalue weighted by atomic mass is 15.0. The lowest BCUT2D eigenvalue weighted by atomic mass is 9.88. The molecule has 1 unspecified atom stereocenters. The molecule has 1 aromatic heterocycles. The van der Waals surface area contributed by atoms with Gasteiger partial charge in [-0.15, -0.1) is 0 Å². The van der Waals surface area contributed by atoms with E-state index in [1.807, 2.05) is 13.1 Å². The Morgan fingerprint density at radius 2 is 1.87 bits per heavy atom. The Kier molecular flexibility index (Phi) is 4.21. The van der Waals surface area contributed by atoms with E-state index in [4.69, 9.17) is 0 Å². The van der Waals surface area contributed by atoms with Crippen LogP contribution in [-0.2, 0) is 0 Å². The number of aromatic nitrogens is 2. The molecule has 15 heavy (non-hydrogen) atoms. The van der Waals surface area contributed by atoms with Crippen LogP contribution in [-0.4, -0.2) is 17.0 Å². The Hall–Kier alpha value is -0.960. The Labute approximate surface area is 92.3 Å². The van der Waals surface area contributed by atoms with Crippen LogP contribution >= 0.6 is 0 Å². The average molecular weight is 207 g/mol. The molecule has 1 heterocycles. The van der Waals surface area contributed by atoms with Gasteiger partial charge in [0, 0.05) is 12.4 Å². The molecule has 1 rings (SSSR count). The number of rotatable bonds is 4. The van der Waals surface area contributed by atoms with Crippen molar-refractivity contribution >= 4 is 0 Å². The van der Waals surface area contributed by atoms with Crippen molar-refractivity contribution in [2.75, 3.05) is 7.05 Å². The highest BCUT2D eigenvalue weighted by Gasteiger charge is 2.16. The third-order valence-corrected chi connectivity index (χ3v) is 2.43. The van der Waals surface area contributed by atoms with Crippen LogP contribution in [0.3, 0.4) is 0 Å². The van der Waals surface area contributed by atoms with Crippen LogP contribution in [0, 0.1) is 5.41 Å². The molecule has 1 aromatic rings. The number of nitrogens with one attached hydrogen (secondary N) is 1. The Morgan fingerprint density at radius 1 is 1.27 bits per heavy atom. The van der Waals surface area contributed by atoms with Crippen LogP contribution < -0.4 is 5.32 Å². The van der Waals surface area contributed by atoms with Gasteiger partial charge in [0.1, 0.15) is 5.82 Å². The van der Waals surface area contributed by atoms with Crippen molar-refractivity contribution in [1.29, 1.82) is 0 Å². The molecular weight excluding hydrogens is 186 g/mol. The SMILES string of the molecule is CNC(CCC(C)(C)C)c1ncccn1. The Morgan fingerprint density at radius 3 is 2.33 bits per heavy atom. The first-order chi connectivity index (χ1) is 7.03. The first kappa shape index (κ1) is 12.1. The van der Waals surface area contributed by atoms with Crippen LogP contribution in [0.2, 0.25) is 0 Å². The van der Waals surface area contributed by atoms with Crippen LogP contribution in [0.1, 0.15) is 45.5 Å². The Balaban J connectivity index is 2.58. The third kappa shape index (κ3) is 4.38. The Bertz CT molecular complexity index is 277. The van der Waals surface area contributed by atoms with E-state index in [0.717, 1.165) is 18.7 Å². The minimum absolute atomic E-state index is 0.269. The lowest BCUT2D eigenvalue weighted by molar-refractivity contribution is 0.333. The highest BCUT2D eigenvalue weighted by Crippen LogP contribution is 2.25. The summed E-state index contributed by atoms with van der Waals surface area (Å²) in [6.45, 7) is 6.77. The first-order valence-electron chi connectivity index (χ1n) is 5.47. The molecule has 0 saturated heterocycles. The number of nitrogens with zero attached hydrogens (tertiary/aromatic N) is 2. The molecule has 0 amide bonds. The highest BCUT2D eigenvalue weighted by molar-refractivity contribution is 4.95. The second-order valence-corrected chi connectivity index (χ2v) is 5.05. The van der Waals surface area contributed by atoms with Gasteiger partial charge in [-0.05, 0) is 31.4 Å². The lowest BCUT2D eigenvalue weighted by Gasteiger charge is -2.21. The summed E-state index contributed by atoms with van der Waals surface area (Å²) in [5, 5.41) is 3.27. The first-order valence-corrected chi connectivity index (χ1v) is 5.47. The summed E-state index contributed by atoms with van der Waals surface area (Å²) in [5.74, 6) is 0.893. The van der Waals surface area contributed by atoms with Gasteiger partial charge < -0.3 is 5.32 Å².